The van der Waals surface area contributed by atoms with E-state index in [0.29, 0.717) is 17.4 Å². The van der Waals surface area contributed by atoms with Crippen molar-refractivity contribution < 1.29 is 4.79 Å². The fourth-order valence-electron chi connectivity index (χ4n) is 3.35. The molecule has 1 amide bonds. The van der Waals surface area contributed by atoms with Crippen LogP contribution in [0.1, 0.15) is 38.5 Å². The van der Waals surface area contributed by atoms with Gasteiger partial charge < -0.3 is 9.88 Å². The van der Waals surface area contributed by atoms with Crippen LogP contribution in [0.15, 0.2) is 24.4 Å². The Morgan fingerprint density at radius 1 is 1.33 bits per heavy atom. The predicted octanol–water partition coefficient (Wildman–Crippen LogP) is 4.74. The lowest BCUT2D eigenvalue weighted by atomic mass is 9.87. The molecule has 0 unspecified atom stereocenters. The molecule has 1 aliphatic carbocycles. The minimum Gasteiger partial charge on any atom is -0.348 e. The molecule has 2 aromatic rings. The predicted molar refractivity (Wildman–Crippen MR) is 87.8 cm³/mol. The number of amides is 1. The number of hydrogen-bond donors (Lipinski definition) is 1. The van der Waals surface area contributed by atoms with E-state index < -0.39 is 0 Å². The molecule has 1 fully saturated rings. The Kier molecular flexibility index (Phi) is 4.20. The fraction of sp³-hybridized carbons (Fsp3) is 0.471. The van der Waals surface area contributed by atoms with Crippen LogP contribution in [-0.2, 0) is 11.8 Å². The summed E-state index contributed by atoms with van der Waals surface area (Å²) in [7, 11) is 1.97. The van der Waals surface area contributed by atoms with Gasteiger partial charge in [0.15, 0.2) is 0 Å². The molecule has 1 saturated carbocycles. The molecule has 1 aliphatic rings. The Balaban J connectivity index is 1.76. The molecule has 0 atom stereocenters. The van der Waals surface area contributed by atoms with Gasteiger partial charge in [-0.1, -0.05) is 36.9 Å². The van der Waals surface area contributed by atoms with Crippen LogP contribution < -0.4 is 5.32 Å². The number of anilines is 1. The van der Waals surface area contributed by atoms with Crippen molar-refractivity contribution >= 4 is 34.1 Å². The van der Waals surface area contributed by atoms with E-state index in [1.165, 1.54) is 32.1 Å². The van der Waals surface area contributed by atoms with E-state index in [1.807, 2.05) is 36.0 Å². The van der Waals surface area contributed by atoms with Crippen molar-refractivity contribution in [1.82, 2.24) is 4.57 Å². The second kappa shape index (κ2) is 6.10. The van der Waals surface area contributed by atoms with Crippen molar-refractivity contribution in [2.45, 2.75) is 38.5 Å². The number of nitrogens with zero attached hydrogens (tertiary/aromatic N) is 1. The molecule has 0 spiro atoms. The average Bonchev–Trinajstić information content (AvgIpc) is 2.77. The Hall–Kier alpha value is -1.48. The second-order valence-corrected chi connectivity index (χ2v) is 6.45. The molecular weight excluding hydrogens is 284 g/mol. The number of rotatable bonds is 3. The van der Waals surface area contributed by atoms with Crippen molar-refractivity contribution in [1.29, 1.82) is 0 Å². The first kappa shape index (κ1) is 14.5. The number of fused-ring (bicyclic) bond motifs is 1. The summed E-state index contributed by atoms with van der Waals surface area (Å²) in [6, 6.07) is 5.80. The van der Waals surface area contributed by atoms with Crippen LogP contribution in [0.3, 0.4) is 0 Å². The maximum absolute atomic E-state index is 12.3. The quantitative estimate of drug-likeness (QED) is 0.873. The third kappa shape index (κ3) is 3.08. The average molecular weight is 305 g/mol. The molecule has 1 aromatic heterocycles. The standard InChI is InChI=1S/C17H21ClN2O/c1-20-11-14(17-13(18)8-5-9-15(17)20)19-16(21)10-12-6-3-2-4-7-12/h5,8-9,11-12H,2-4,6-7,10H2,1H3,(H,19,21). The largest absolute Gasteiger partial charge is 0.348 e. The van der Waals surface area contributed by atoms with Crippen molar-refractivity contribution in [3.05, 3.63) is 29.4 Å². The first-order chi connectivity index (χ1) is 10.1. The lowest BCUT2D eigenvalue weighted by Crippen LogP contribution is -2.18. The Morgan fingerprint density at radius 3 is 2.86 bits per heavy atom. The monoisotopic (exact) mass is 304 g/mol. The van der Waals surface area contributed by atoms with E-state index in [4.69, 9.17) is 11.6 Å². The van der Waals surface area contributed by atoms with Gasteiger partial charge in [-0.3, -0.25) is 4.79 Å². The summed E-state index contributed by atoms with van der Waals surface area (Å²) in [6.07, 6.45) is 8.77. The highest BCUT2D eigenvalue weighted by atomic mass is 35.5. The first-order valence-corrected chi connectivity index (χ1v) is 8.06. The normalized spacial score (nSPS) is 16.3. The van der Waals surface area contributed by atoms with Gasteiger partial charge in [0.2, 0.25) is 5.91 Å². The summed E-state index contributed by atoms with van der Waals surface area (Å²) in [6.45, 7) is 0. The van der Waals surface area contributed by atoms with Gasteiger partial charge in [0.1, 0.15) is 0 Å². The van der Waals surface area contributed by atoms with Gasteiger partial charge in [-0.25, -0.2) is 0 Å². The number of carbonyl (C=O) groups excluding carboxylic acids is 1. The van der Waals surface area contributed by atoms with E-state index in [-0.39, 0.29) is 5.91 Å². The second-order valence-electron chi connectivity index (χ2n) is 6.04. The van der Waals surface area contributed by atoms with Crippen LogP contribution in [0.4, 0.5) is 5.69 Å². The molecule has 0 bridgehead atoms. The smallest absolute Gasteiger partial charge is 0.224 e. The fourth-order valence-corrected chi connectivity index (χ4v) is 3.62. The number of halogens is 1. The third-order valence-corrected chi connectivity index (χ3v) is 4.75. The van der Waals surface area contributed by atoms with Gasteiger partial charge in [0, 0.05) is 25.1 Å². The van der Waals surface area contributed by atoms with Crippen LogP contribution in [-0.4, -0.2) is 10.5 Å². The molecule has 0 radical (unpaired) electrons. The van der Waals surface area contributed by atoms with Crippen LogP contribution in [0, 0.1) is 5.92 Å². The zero-order valence-electron chi connectivity index (χ0n) is 12.4. The minimum absolute atomic E-state index is 0.106. The summed E-state index contributed by atoms with van der Waals surface area (Å²) >= 11 is 6.29. The van der Waals surface area contributed by atoms with E-state index in [2.05, 4.69) is 5.32 Å². The molecule has 1 aromatic carbocycles. The van der Waals surface area contributed by atoms with Crippen LogP contribution in [0.2, 0.25) is 5.02 Å². The lowest BCUT2D eigenvalue weighted by molar-refractivity contribution is -0.117. The maximum Gasteiger partial charge on any atom is 0.224 e. The summed E-state index contributed by atoms with van der Waals surface area (Å²) in [5.74, 6) is 0.651. The Morgan fingerprint density at radius 2 is 2.10 bits per heavy atom. The number of hydrogen-bond acceptors (Lipinski definition) is 1. The zero-order valence-corrected chi connectivity index (χ0v) is 13.1. The lowest BCUT2D eigenvalue weighted by Gasteiger charge is -2.20. The van der Waals surface area contributed by atoms with Crippen LogP contribution >= 0.6 is 11.6 Å². The molecule has 3 nitrogen and oxygen atoms in total. The van der Waals surface area contributed by atoms with Crippen LogP contribution in [0.25, 0.3) is 10.9 Å². The number of aromatic nitrogens is 1. The highest BCUT2D eigenvalue weighted by Crippen LogP contribution is 2.32. The summed E-state index contributed by atoms with van der Waals surface area (Å²) < 4.78 is 2.00. The molecule has 0 saturated heterocycles. The molecule has 21 heavy (non-hydrogen) atoms. The number of nitrogens with one attached hydrogen (secondary N) is 1. The zero-order chi connectivity index (χ0) is 14.8. The molecule has 1 N–H and O–H groups in total. The molecule has 4 heteroatoms. The van der Waals surface area contributed by atoms with Crippen molar-refractivity contribution in [2.75, 3.05) is 5.32 Å². The van der Waals surface area contributed by atoms with Gasteiger partial charge >= 0.3 is 0 Å². The van der Waals surface area contributed by atoms with Crippen molar-refractivity contribution in [3.8, 4) is 0 Å². The Labute approximate surface area is 130 Å². The summed E-state index contributed by atoms with van der Waals surface area (Å²) in [5.41, 5.74) is 1.86. The van der Waals surface area contributed by atoms with Gasteiger partial charge in [-0.2, -0.15) is 0 Å². The van der Waals surface area contributed by atoms with Gasteiger partial charge in [-0.05, 0) is 30.9 Å². The van der Waals surface area contributed by atoms with Crippen molar-refractivity contribution in [2.24, 2.45) is 13.0 Å². The van der Waals surface area contributed by atoms with Crippen molar-refractivity contribution in [3.63, 3.8) is 0 Å². The molecule has 3 rings (SSSR count). The number of carbonyl (C=O) groups is 1. The van der Waals surface area contributed by atoms with E-state index in [9.17, 15) is 4.79 Å². The minimum atomic E-state index is 0.106. The van der Waals surface area contributed by atoms with Gasteiger partial charge in [-0.15, -0.1) is 0 Å². The van der Waals surface area contributed by atoms with Crippen LogP contribution in [0.5, 0.6) is 0 Å². The topological polar surface area (TPSA) is 34.0 Å². The summed E-state index contributed by atoms with van der Waals surface area (Å²) in [4.78, 5) is 12.3. The molecular formula is C17H21ClN2O. The van der Waals surface area contributed by atoms with Gasteiger partial charge in [0.05, 0.1) is 16.2 Å². The molecule has 112 valence electrons. The third-order valence-electron chi connectivity index (χ3n) is 4.44. The summed E-state index contributed by atoms with van der Waals surface area (Å²) in [5, 5.41) is 4.66. The number of aryl methyl sites for hydroxylation is 1. The molecule has 1 heterocycles. The van der Waals surface area contributed by atoms with Gasteiger partial charge in [0.25, 0.3) is 0 Å². The van der Waals surface area contributed by atoms with E-state index in [0.717, 1.165) is 16.6 Å². The Bertz CT molecular complexity index is 656. The molecule has 0 aliphatic heterocycles. The SMILES string of the molecule is Cn1cc(NC(=O)CC2CCCCC2)c2c(Cl)cccc21. The number of benzene rings is 1. The van der Waals surface area contributed by atoms with E-state index >= 15 is 0 Å². The highest BCUT2D eigenvalue weighted by molar-refractivity contribution is 6.36. The first-order valence-electron chi connectivity index (χ1n) is 7.68. The van der Waals surface area contributed by atoms with E-state index in [1.54, 1.807) is 0 Å². The highest BCUT2D eigenvalue weighted by Gasteiger charge is 2.18. The maximum atomic E-state index is 12.3.